The number of aryl methyl sites for hydroxylation is 2. The molecular weight excluding hydrogens is 466 g/mol. The number of hydrogen-bond acceptors (Lipinski definition) is 4. The monoisotopic (exact) mass is 487 g/mol. The van der Waals surface area contributed by atoms with Gasteiger partial charge in [-0.25, -0.2) is 4.79 Å². The number of furan rings is 1. The number of hydrogen-bond donors (Lipinski definition) is 1. The minimum atomic E-state index is -0.574. The van der Waals surface area contributed by atoms with Gasteiger partial charge in [-0.1, -0.05) is 60.1 Å². The fourth-order valence-electron chi connectivity index (χ4n) is 4.18. The van der Waals surface area contributed by atoms with Gasteiger partial charge in [0, 0.05) is 11.9 Å². The Labute approximate surface area is 205 Å². The lowest BCUT2D eigenvalue weighted by Gasteiger charge is -2.13. The lowest BCUT2D eigenvalue weighted by molar-refractivity contribution is -0.116. The smallest absolute Gasteiger partial charge is 0.332 e. The number of nitrogens with one attached hydrogen (secondary N) is 1. The van der Waals surface area contributed by atoms with Crippen molar-refractivity contribution in [2.45, 2.75) is 26.4 Å². The minimum Gasteiger partial charge on any atom is -0.449 e. The van der Waals surface area contributed by atoms with E-state index in [2.05, 4.69) is 5.32 Å². The number of para-hydroxylation sites is 1. The first kappa shape index (κ1) is 22.7. The highest BCUT2D eigenvalue weighted by Crippen LogP contribution is 2.26. The highest BCUT2D eigenvalue weighted by atomic mass is 35.5. The van der Waals surface area contributed by atoms with Gasteiger partial charge >= 0.3 is 5.69 Å². The molecule has 2 heterocycles. The van der Waals surface area contributed by atoms with Crippen LogP contribution in [0.4, 0.5) is 5.69 Å². The van der Waals surface area contributed by atoms with Crippen LogP contribution in [0, 0.1) is 6.92 Å². The summed E-state index contributed by atoms with van der Waals surface area (Å²) in [5.74, 6) is -0.447. The van der Waals surface area contributed by atoms with E-state index in [-0.39, 0.29) is 18.7 Å². The van der Waals surface area contributed by atoms with Crippen LogP contribution in [0.15, 0.2) is 86.8 Å². The minimum absolute atomic E-state index is 0.0417. The van der Waals surface area contributed by atoms with Crippen molar-refractivity contribution in [3.05, 3.63) is 110 Å². The molecule has 0 radical (unpaired) electrons. The van der Waals surface area contributed by atoms with Gasteiger partial charge in [-0.05, 0) is 48.7 Å². The molecule has 3 aromatic carbocycles. The molecule has 0 saturated heterocycles. The van der Waals surface area contributed by atoms with Gasteiger partial charge in [0.15, 0.2) is 0 Å². The van der Waals surface area contributed by atoms with Crippen LogP contribution in [0.5, 0.6) is 0 Å². The molecule has 0 aliphatic rings. The van der Waals surface area contributed by atoms with Gasteiger partial charge in [0.25, 0.3) is 5.56 Å². The Kier molecular flexibility index (Phi) is 6.01. The molecule has 0 atom stereocenters. The zero-order valence-corrected chi connectivity index (χ0v) is 19.7. The van der Waals surface area contributed by atoms with Crippen molar-refractivity contribution in [1.82, 2.24) is 9.13 Å². The molecule has 0 bridgehead atoms. The average Bonchev–Trinajstić information content (AvgIpc) is 3.24. The highest BCUT2D eigenvalue weighted by molar-refractivity contribution is 6.33. The number of rotatable bonds is 6. The summed E-state index contributed by atoms with van der Waals surface area (Å²) in [7, 11) is 0. The second kappa shape index (κ2) is 9.27. The summed E-state index contributed by atoms with van der Waals surface area (Å²) in [6.07, 6.45) is 0.479. The van der Waals surface area contributed by atoms with Gasteiger partial charge in [0.05, 0.1) is 10.7 Å². The molecule has 5 rings (SSSR count). The fourth-order valence-corrected chi connectivity index (χ4v) is 4.46. The van der Waals surface area contributed by atoms with Crippen LogP contribution in [0.2, 0.25) is 5.02 Å². The van der Waals surface area contributed by atoms with Crippen LogP contribution in [-0.2, 0) is 24.3 Å². The molecule has 0 saturated carbocycles. The Balaban J connectivity index is 1.59. The van der Waals surface area contributed by atoms with E-state index in [0.717, 1.165) is 15.7 Å². The summed E-state index contributed by atoms with van der Waals surface area (Å²) in [6, 6.07) is 21.9. The normalized spacial score (nSPS) is 11.3. The molecule has 8 heteroatoms. The summed E-state index contributed by atoms with van der Waals surface area (Å²) in [6.45, 7) is 1.74. The van der Waals surface area contributed by atoms with Gasteiger partial charge in [0.1, 0.15) is 17.6 Å². The number of anilines is 1. The molecule has 0 unspecified atom stereocenters. The molecule has 0 aliphatic carbocycles. The molecule has 2 aromatic heterocycles. The van der Waals surface area contributed by atoms with Crippen LogP contribution < -0.4 is 16.6 Å². The first-order valence-electron chi connectivity index (χ1n) is 11.2. The third-order valence-corrected chi connectivity index (χ3v) is 6.22. The number of aromatic nitrogens is 2. The molecule has 1 N–H and O–H groups in total. The molecule has 7 nitrogen and oxygen atoms in total. The van der Waals surface area contributed by atoms with Crippen molar-refractivity contribution in [3.63, 3.8) is 0 Å². The molecule has 5 aromatic rings. The van der Waals surface area contributed by atoms with E-state index in [1.165, 1.54) is 4.57 Å². The van der Waals surface area contributed by atoms with E-state index < -0.39 is 17.2 Å². The standard InChI is InChI=1S/C27H22ClN3O4/c1-17-11-12-21(20(28)15-17)29-23(32)16-31-24-19-9-5-6-10-22(19)35-25(24)26(33)30(27(31)34)14-13-18-7-3-2-4-8-18/h2-12,15H,13-14,16H2,1H3,(H,29,32). The van der Waals surface area contributed by atoms with Gasteiger partial charge < -0.3 is 9.73 Å². The maximum absolute atomic E-state index is 13.5. The van der Waals surface area contributed by atoms with Crippen molar-refractivity contribution in [1.29, 1.82) is 0 Å². The molecule has 0 aliphatic heterocycles. The second-order valence-electron chi connectivity index (χ2n) is 8.37. The Morgan fingerprint density at radius 3 is 2.49 bits per heavy atom. The van der Waals surface area contributed by atoms with E-state index in [9.17, 15) is 14.4 Å². The number of nitrogens with zero attached hydrogens (tertiary/aromatic N) is 2. The Morgan fingerprint density at radius 2 is 1.71 bits per heavy atom. The van der Waals surface area contributed by atoms with Crippen LogP contribution in [-0.4, -0.2) is 15.0 Å². The van der Waals surface area contributed by atoms with Crippen molar-refractivity contribution in [2.75, 3.05) is 5.32 Å². The van der Waals surface area contributed by atoms with E-state index in [4.69, 9.17) is 16.0 Å². The largest absolute Gasteiger partial charge is 0.449 e. The van der Waals surface area contributed by atoms with Crippen molar-refractivity contribution >= 4 is 45.3 Å². The van der Waals surface area contributed by atoms with Crippen molar-refractivity contribution < 1.29 is 9.21 Å². The maximum Gasteiger partial charge on any atom is 0.332 e. The van der Waals surface area contributed by atoms with Gasteiger partial charge in [-0.3, -0.25) is 18.7 Å². The predicted octanol–water partition coefficient (Wildman–Crippen LogP) is 4.75. The predicted molar refractivity (Wildman–Crippen MR) is 137 cm³/mol. The van der Waals surface area contributed by atoms with Gasteiger partial charge in [0.2, 0.25) is 11.5 Å². The number of amides is 1. The zero-order valence-electron chi connectivity index (χ0n) is 19.0. The summed E-state index contributed by atoms with van der Waals surface area (Å²) < 4.78 is 8.28. The number of benzene rings is 3. The van der Waals surface area contributed by atoms with Crippen LogP contribution >= 0.6 is 11.6 Å². The fraction of sp³-hybridized carbons (Fsp3) is 0.148. The van der Waals surface area contributed by atoms with Crippen molar-refractivity contribution in [2.24, 2.45) is 0 Å². The van der Waals surface area contributed by atoms with Crippen LogP contribution in [0.25, 0.3) is 22.1 Å². The Hall–Kier alpha value is -4.10. The summed E-state index contributed by atoms with van der Waals surface area (Å²) >= 11 is 6.27. The van der Waals surface area contributed by atoms with Crippen LogP contribution in [0.1, 0.15) is 11.1 Å². The number of carbonyl (C=O) groups excluding carboxylic acids is 1. The molecule has 35 heavy (non-hydrogen) atoms. The Morgan fingerprint density at radius 1 is 0.971 bits per heavy atom. The second-order valence-corrected chi connectivity index (χ2v) is 8.78. The SMILES string of the molecule is Cc1ccc(NC(=O)Cn2c(=O)n(CCc3ccccc3)c(=O)c3oc4ccccc4c32)c(Cl)c1. The number of fused-ring (bicyclic) bond motifs is 3. The van der Waals surface area contributed by atoms with Crippen LogP contribution in [0.3, 0.4) is 0 Å². The topological polar surface area (TPSA) is 86.2 Å². The third kappa shape index (κ3) is 4.38. The molecule has 1 amide bonds. The summed E-state index contributed by atoms with van der Waals surface area (Å²) in [4.78, 5) is 39.8. The van der Waals surface area contributed by atoms with E-state index in [1.807, 2.05) is 43.3 Å². The molecule has 0 spiro atoms. The quantitative estimate of drug-likeness (QED) is 0.374. The number of carbonyl (C=O) groups is 1. The first-order chi connectivity index (χ1) is 16.9. The summed E-state index contributed by atoms with van der Waals surface area (Å²) in [5, 5.41) is 3.75. The molecule has 176 valence electrons. The third-order valence-electron chi connectivity index (χ3n) is 5.91. The van der Waals surface area contributed by atoms with E-state index in [1.54, 1.807) is 36.4 Å². The average molecular weight is 488 g/mol. The maximum atomic E-state index is 13.5. The lowest BCUT2D eigenvalue weighted by atomic mass is 10.1. The van der Waals surface area contributed by atoms with Gasteiger partial charge in [-0.2, -0.15) is 0 Å². The zero-order chi connectivity index (χ0) is 24.5. The Bertz CT molecular complexity index is 1680. The van der Waals surface area contributed by atoms with E-state index in [0.29, 0.717) is 33.6 Å². The first-order valence-corrected chi connectivity index (χ1v) is 11.5. The van der Waals surface area contributed by atoms with Gasteiger partial charge in [-0.15, -0.1) is 0 Å². The summed E-state index contributed by atoms with van der Waals surface area (Å²) in [5.41, 5.74) is 2.11. The number of halogens is 1. The lowest BCUT2D eigenvalue weighted by Crippen LogP contribution is -2.41. The highest BCUT2D eigenvalue weighted by Gasteiger charge is 2.21. The molecule has 0 fully saturated rings. The van der Waals surface area contributed by atoms with Crippen molar-refractivity contribution in [3.8, 4) is 0 Å². The molecular formula is C27H22ClN3O4. The van der Waals surface area contributed by atoms with E-state index >= 15 is 0 Å².